The fourth-order valence-corrected chi connectivity index (χ4v) is 4.26. The molecular formula is C17H18FN5O3S. The lowest BCUT2D eigenvalue weighted by molar-refractivity contribution is 0.102. The molecule has 3 rings (SSSR count). The molecule has 142 valence electrons. The van der Waals surface area contributed by atoms with Gasteiger partial charge in [-0.1, -0.05) is 12.1 Å². The van der Waals surface area contributed by atoms with E-state index in [0.29, 0.717) is 11.3 Å². The summed E-state index contributed by atoms with van der Waals surface area (Å²) in [6.45, 7) is 1.68. The van der Waals surface area contributed by atoms with E-state index in [4.69, 9.17) is 5.41 Å². The average molecular weight is 391 g/mol. The maximum absolute atomic E-state index is 12.9. The third-order valence-corrected chi connectivity index (χ3v) is 6.27. The van der Waals surface area contributed by atoms with Crippen LogP contribution in [0.3, 0.4) is 0 Å². The zero-order chi connectivity index (χ0) is 19.8. The van der Waals surface area contributed by atoms with Gasteiger partial charge in [0.2, 0.25) is 16.0 Å². The van der Waals surface area contributed by atoms with Crippen molar-refractivity contribution in [1.82, 2.24) is 14.6 Å². The lowest BCUT2D eigenvalue weighted by Gasteiger charge is -2.40. The summed E-state index contributed by atoms with van der Waals surface area (Å²) in [5, 5.41) is 13.4. The highest BCUT2D eigenvalue weighted by Crippen LogP contribution is 2.29. The molecule has 0 bridgehead atoms. The van der Waals surface area contributed by atoms with E-state index in [9.17, 15) is 17.6 Å². The van der Waals surface area contributed by atoms with Gasteiger partial charge in [-0.3, -0.25) is 10.2 Å². The average Bonchev–Trinajstić information content (AvgIpc) is 2.60. The molecule has 10 heteroatoms. The van der Waals surface area contributed by atoms with E-state index in [2.05, 4.69) is 15.6 Å². The number of carbonyl (C=O) groups is 1. The number of rotatable bonds is 3. The number of sulfonamides is 1. The van der Waals surface area contributed by atoms with E-state index in [1.807, 2.05) is 0 Å². The molecule has 1 amide bonds. The van der Waals surface area contributed by atoms with Crippen molar-refractivity contribution in [2.24, 2.45) is 0 Å². The number of halogens is 1. The smallest absolute Gasteiger partial charge is 0.274 e. The fourth-order valence-electron chi connectivity index (χ4n) is 2.78. The number of nitrogens with one attached hydrogen (secondary N) is 3. The molecule has 1 aliphatic rings. The van der Waals surface area contributed by atoms with Gasteiger partial charge in [0.25, 0.3) is 5.91 Å². The molecule has 1 aromatic carbocycles. The summed E-state index contributed by atoms with van der Waals surface area (Å²) in [5.74, 6) is -1.53. The van der Waals surface area contributed by atoms with Crippen LogP contribution in [0.2, 0.25) is 0 Å². The number of nitrogens with zero attached hydrogens (tertiary/aromatic N) is 2. The number of aromatic nitrogens is 1. The lowest BCUT2D eigenvalue weighted by atomic mass is 9.93. The minimum atomic E-state index is -3.64. The molecular weight excluding hydrogens is 373 g/mol. The maximum Gasteiger partial charge on any atom is 0.274 e. The summed E-state index contributed by atoms with van der Waals surface area (Å²) in [4.78, 5) is 16.0. The van der Waals surface area contributed by atoms with E-state index in [1.54, 1.807) is 31.2 Å². The zero-order valence-corrected chi connectivity index (χ0v) is 15.5. The maximum atomic E-state index is 12.9. The van der Waals surface area contributed by atoms with Crippen LogP contribution in [-0.2, 0) is 15.6 Å². The van der Waals surface area contributed by atoms with Gasteiger partial charge in [0, 0.05) is 12.7 Å². The first-order chi connectivity index (χ1) is 12.6. The number of benzene rings is 1. The van der Waals surface area contributed by atoms with Gasteiger partial charge in [-0.2, -0.15) is 0 Å². The van der Waals surface area contributed by atoms with Crippen molar-refractivity contribution in [2.45, 2.75) is 12.5 Å². The van der Waals surface area contributed by atoms with Crippen LogP contribution in [0.5, 0.6) is 0 Å². The zero-order valence-electron chi connectivity index (χ0n) is 14.7. The molecule has 1 saturated heterocycles. The van der Waals surface area contributed by atoms with E-state index in [-0.39, 0.29) is 17.4 Å². The van der Waals surface area contributed by atoms with E-state index < -0.39 is 27.3 Å². The second-order valence-electron chi connectivity index (χ2n) is 6.43. The lowest BCUT2D eigenvalue weighted by Crippen LogP contribution is -2.60. The highest BCUT2D eigenvalue weighted by molar-refractivity contribution is 7.89. The Hall–Kier alpha value is -3.01. The van der Waals surface area contributed by atoms with Gasteiger partial charge in [-0.15, -0.1) is 0 Å². The SMILES string of the molecule is CN1C(=N)N[C@](C)(c2cccc(NC(=O)c3ccc(F)cn3)c2)CS1(=O)=O. The molecule has 2 heterocycles. The van der Waals surface area contributed by atoms with Crippen LogP contribution in [0, 0.1) is 11.2 Å². The molecule has 2 aromatic rings. The van der Waals surface area contributed by atoms with Gasteiger partial charge in [0.05, 0.1) is 17.5 Å². The number of pyridine rings is 1. The van der Waals surface area contributed by atoms with E-state index >= 15 is 0 Å². The van der Waals surface area contributed by atoms with Gasteiger partial charge in [-0.25, -0.2) is 22.1 Å². The van der Waals surface area contributed by atoms with E-state index in [0.717, 1.165) is 16.6 Å². The van der Waals surface area contributed by atoms with Crippen LogP contribution in [0.1, 0.15) is 23.0 Å². The fraction of sp³-hybridized carbons (Fsp3) is 0.235. The standard InChI is InChI=1S/C17H18FN5O3S/c1-17(10-27(25,26)23(2)16(19)22-17)11-4-3-5-13(8-11)21-15(24)14-7-6-12(18)9-20-14/h3-9H,10H2,1-2H3,(H2,19,22)(H,21,24)/t17-/m0/s1. The molecule has 1 aromatic heterocycles. The number of carbonyl (C=O) groups excluding carboxylic acids is 1. The molecule has 8 nitrogen and oxygen atoms in total. The molecule has 0 saturated carbocycles. The third-order valence-electron chi connectivity index (χ3n) is 4.32. The van der Waals surface area contributed by atoms with Crippen LogP contribution in [0.4, 0.5) is 10.1 Å². The molecule has 3 N–H and O–H groups in total. The molecule has 0 aliphatic carbocycles. The Morgan fingerprint density at radius 2 is 2.11 bits per heavy atom. The minimum Gasteiger partial charge on any atom is -0.345 e. The molecule has 1 aliphatic heterocycles. The Labute approximate surface area is 156 Å². The summed E-state index contributed by atoms with van der Waals surface area (Å²) in [6, 6.07) is 9.06. The molecule has 0 radical (unpaired) electrons. The topological polar surface area (TPSA) is 115 Å². The molecule has 1 fully saturated rings. The normalized spacial score (nSPS) is 21.4. The number of guanidine groups is 1. The van der Waals surface area contributed by atoms with Crippen molar-refractivity contribution in [3.63, 3.8) is 0 Å². The first-order valence-electron chi connectivity index (χ1n) is 7.97. The van der Waals surface area contributed by atoms with Gasteiger partial charge in [0.15, 0.2) is 0 Å². The molecule has 1 atom stereocenters. The highest BCUT2D eigenvalue weighted by Gasteiger charge is 2.41. The predicted octanol–water partition coefficient (Wildman–Crippen LogP) is 1.49. The van der Waals surface area contributed by atoms with Crippen LogP contribution < -0.4 is 10.6 Å². The number of anilines is 1. The van der Waals surface area contributed by atoms with Crippen molar-refractivity contribution in [3.05, 3.63) is 59.7 Å². The largest absolute Gasteiger partial charge is 0.345 e. The summed E-state index contributed by atoms with van der Waals surface area (Å²) < 4.78 is 38.4. The van der Waals surface area contributed by atoms with Crippen molar-refractivity contribution in [3.8, 4) is 0 Å². The Kier molecular flexibility index (Phi) is 4.60. The first kappa shape index (κ1) is 18.8. The summed E-state index contributed by atoms with van der Waals surface area (Å²) in [7, 11) is -2.32. The highest BCUT2D eigenvalue weighted by atomic mass is 32.2. The molecule has 0 unspecified atom stereocenters. The van der Waals surface area contributed by atoms with Crippen molar-refractivity contribution in [2.75, 3.05) is 18.1 Å². The monoisotopic (exact) mass is 391 g/mol. The Morgan fingerprint density at radius 3 is 2.74 bits per heavy atom. The Balaban J connectivity index is 1.86. The van der Waals surface area contributed by atoms with Crippen LogP contribution in [-0.4, -0.2) is 42.4 Å². The van der Waals surface area contributed by atoms with Crippen molar-refractivity contribution < 1.29 is 17.6 Å². The Bertz CT molecular complexity index is 1010. The third kappa shape index (κ3) is 3.75. The summed E-state index contributed by atoms with van der Waals surface area (Å²) in [6.07, 6.45) is 0.950. The van der Waals surface area contributed by atoms with Crippen molar-refractivity contribution in [1.29, 1.82) is 5.41 Å². The quantitative estimate of drug-likeness (QED) is 0.733. The van der Waals surface area contributed by atoms with E-state index in [1.165, 1.54) is 13.1 Å². The summed E-state index contributed by atoms with van der Waals surface area (Å²) >= 11 is 0. The minimum absolute atomic E-state index is 0.0507. The number of hydrogen-bond donors (Lipinski definition) is 3. The predicted molar refractivity (Wildman–Crippen MR) is 98.4 cm³/mol. The van der Waals surface area contributed by atoms with Gasteiger partial charge in [0.1, 0.15) is 11.5 Å². The number of amides is 1. The second kappa shape index (κ2) is 6.62. The van der Waals surface area contributed by atoms with Gasteiger partial charge >= 0.3 is 0 Å². The number of hydrogen-bond acceptors (Lipinski definition) is 5. The van der Waals surface area contributed by atoms with Gasteiger partial charge < -0.3 is 10.6 Å². The van der Waals surface area contributed by atoms with Crippen LogP contribution in [0.25, 0.3) is 0 Å². The van der Waals surface area contributed by atoms with Crippen LogP contribution >= 0.6 is 0 Å². The molecule has 27 heavy (non-hydrogen) atoms. The first-order valence-corrected chi connectivity index (χ1v) is 9.58. The summed E-state index contributed by atoms with van der Waals surface area (Å²) in [5.41, 5.74) is 0.0372. The van der Waals surface area contributed by atoms with Crippen LogP contribution in [0.15, 0.2) is 42.6 Å². The van der Waals surface area contributed by atoms with Gasteiger partial charge in [-0.05, 0) is 36.8 Å². The second-order valence-corrected chi connectivity index (χ2v) is 8.43. The Morgan fingerprint density at radius 1 is 1.37 bits per heavy atom. The van der Waals surface area contributed by atoms with Crippen molar-refractivity contribution >= 4 is 27.6 Å². The molecule has 0 spiro atoms.